The highest BCUT2D eigenvalue weighted by atomic mass is 15.2. The van der Waals surface area contributed by atoms with Crippen LogP contribution in [0.15, 0.2) is 0 Å². The lowest BCUT2D eigenvalue weighted by Gasteiger charge is -2.38. The van der Waals surface area contributed by atoms with Gasteiger partial charge in [-0.3, -0.25) is 4.90 Å². The molecule has 0 amide bonds. The largest absolute Gasteiger partial charge is 0.316 e. The summed E-state index contributed by atoms with van der Waals surface area (Å²) >= 11 is 0. The molecule has 2 unspecified atom stereocenters. The van der Waals surface area contributed by atoms with Crippen molar-refractivity contribution >= 4 is 0 Å². The Kier molecular flexibility index (Phi) is 8.22. The molecular formula is C18H39N3. The molecule has 1 N–H and O–H groups in total. The molecule has 126 valence electrons. The van der Waals surface area contributed by atoms with E-state index in [-0.39, 0.29) is 0 Å². The van der Waals surface area contributed by atoms with Gasteiger partial charge in [-0.05, 0) is 57.8 Å². The molecule has 1 fully saturated rings. The Morgan fingerprint density at radius 1 is 1.29 bits per heavy atom. The van der Waals surface area contributed by atoms with Crippen molar-refractivity contribution in [3.63, 3.8) is 0 Å². The molecule has 1 aliphatic rings. The highest BCUT2D eigenvalue weighted by Gasteiger charge is 2.29. The third-order valence-electron chi connectivity index (χ3n) is 4.73. The lowest BCUT2D eigenvalue weighted by molar-refractivity contribution is 0.116. The van der Waals surface area contributed by atoms with E-state index in [4.69, 9.17) is 0 Å². The number of likely N-dealkylation sites (N-methyl/N-ethyl adjacent to an activating group) is 1. The number of hydrogen-bond acceptors (Lipinski definition) is 3. The lowest BCUT2D eigenvalue weighted by atomic mass is 9.84. The molecule has 1 rings (SSSR count). The highest BCUT2D eigenvalue weighted by molar-refractivity contribution is 4.85. The SMILES string of the molecule is CCCC(C)(CNCC(C)C)CN1CCCN(C)CC1C. The van der Waals surface area contributed by atoms with Crippen molar-refractivity contribution in [1.29, 1.82) is 0 Å². The van der Waals surface area contributed by atoms with E-state index in [2.05, 4.69) is 56.8 Å². The molecule has 0 saturated carbocycles. The Morgan fingerprint density at radius 3 is 2.62 bits per heavy atom. The summed E-state index contributed by atoms with van der Waals surface area (Å²) < 4.78 is 0. The van der Waals surface area contributed by atoms with Gasteiger partial charge < -0.3 is 10.2 Å². The first-order valence-electron chi connectivity index (χ1n) is 8.99. The predicted molar refractivity (Wildman–Crippen MR) is 93.9 cm³/mol. The monoisotopic (exact) mass is 297 g/mol. The van der Waals surface area contributed by atoms with Crippen molar-refractivity contribution in [2.75, 3.05) is 46.3 Å². The van der Waals surface area contributed by atoms with E-state index in [0.29, 0.717) is 11.5 Å². The van der Waals surface area contributed by atoms with Gasteiger partial charge in [-0.1, -0.05) is 34.1 Å². The second-order valence-electron chi connectivity index (χ2n) is 8.02. The van der Waals surface area contributed by atoms with Crippen LogP contribution in [-0.2, 0) is 0 Å². The zero-order valence-electron chi connectivity index (χ0n) is 15.4. The molecule has 0 aromatic heterocycles. The van der Waals surface area contributed by atoms with Crippen molar-refractivity contribution in [3.8, 4) is 0 Å². The molecule has 1 aliphatic heterocycles. The first-order valence-corrected chi connectivity index (χ1v) is 8.99. The summed E-state index contributed by atoms with van der Waals surface area (Å²) in [4.78, 5) is 5.22. The molecule has 0 aromatic carbocycles. The molecule has 0 aromatic rings. The van der Waals surface area contributed by atoms with Gasteiger partial charge in [0.05, 0.1) is 0 Å². The van der Waals surface area contributed by atoms with Gasteiger partial charge in [-0.25, -0.2) is 0 Å². The van der Waals surface area contributed by atoms with Crippen LogP contribution in [0.4, 0.5) is 0 Å². The fourth-order valence-corrected chi connectivity index (χ4v) is 3.64. The van der Waals surface area contributed by atoms with Crippen LogP contribution >= 0.6 is 0 Å². The van der Waals surface area contributed by atoms with Crippen LogP contribution in [0.3, 0.4) is 0 Å². The maximum atomic E-state index is 3.70. The summed E-state index contributed by atoms with van der Waals surface area (Å²) in [6.07, 6.45) is 3.90. The predicted octanol–water partition coefficient (Wildman–Crippen LogP) is 3.06. The van der Waals surface area contributed by atoms with Crippen LogP contribution in [0.5, 0.6) is 0 Å². The highest BCUT2D eigenvalue weighted by Crippen LogP contribution is 2.26. The Bertz CT molecular complexity index is 280. The van der Waals surface area contributed by atoms with E-state index in [9.17, 15) is 0 Å². The van der Waals surface area contributed by atoms with Gasteiger partial charge >= 0.3 is 0 Å². The van der Waals surface area contributed by atoms with Gasteiger partial charge in [0.2, 0.25) is 0 Å². The third kappa shape index (κ3) is 7.12. The summed E-state index contributed by atoms with van der Waals surface area (Å²) in [7, 11) is 2.26. The minimum absolute atomic E-state index is 0.404. The zero-order valence-corrected chi connectivity index (χ0v) is 15.4. The number of rotatable bonds is 8. The lowest BCUT2D eigenvalue weighted by Crippen LogP contribution is -2.47. The summed E-state index contributed by atoms with van der Waals surface area (Å²) in [6.45, 7) is 19.0. The molecule has 0 bridgehead atoms. The summed E-state index contributed by atoms with van der Waals surface area (Å²) in [5, 5.41) is 3.70. The van der Waals surface area contributed by atoms with Crippen molar-refractivity contribution in [1.82, 2.24) is 15.1 Å². The molecule has 2 atom stereocenters. The van der Waals surface area contributed by atoms with Gasteiger partial charge in [0.1, 0.15) is 0 Å². The second-order valence-corrected chi connectivity index (χ2v) is 8.02. The van der Waals surface area contributed by atoms with E-state index in [1.54, 1.807) is 0 Å². The third-order valence-corrected chi connectivity index (χ3v) is 4.73. The van der Waals surface area contributed by atoms with Gasteiger partial charge in [0.25, 0.3) is 0 Å². The molecule has 1 saturated heterocycles. The fraction of sp³-hybridized carbons (Fsp3) is 1.00. The summed E-state index contributed by atoms with van der Waals surface area (Å²) in [5.41, 5.74) is 0.404. The molecular weight excluding hydrogens is 258 g/mol. The molecule has 21 heavy (non-hydrogen) atoms. The number of nitrogens with one attached hydrogen (secondary N) is 1. The van der Waals surface area contributed by atoms with Gasteiger partial charge in [0, 0.05) is 25.7 Å². The van der Waals surface area contributed by atoms with Crippen LogP contribution in [0.25, 0.3) is 0 Å². The first kappa shape index (κ1) is 18.9. The van der Waals surface area contributed by atoms with E-state index < -0.39 is 0 Å². The molecule has 3 nitrogen and oxygen atoms in total. The maximum absolute atomic E-state index is 3.70. The van der Waals surface area contributed by atoms with Crippen LogP contribution in [-0.4, -0.2) is 62.2 Å². The maximum Gasteiger partial charge on any atom is 0.0195 e. The van der Waals surface area contributed by atoms with E-state index in [1.807, 2.05) is 0 Å². The van der Waals surface area contributed by atoms with Crippen LogP contribution in [0, 0.1) is 11.3 Å². The Balaban J connectivity index is 2.58. The molecule has 0 aliphatic carbocycles. The van der Waals surface area contributed by atoms with Gasteiger partial charge in [-0.2, -0.15) is 0 Å². The summed E-state index contributed by atoms with van der Waals surface area (Å²) in [5.74, 6) is 0.738. The van der Waals surface area contributed by atoms with Crippen molar-refractivity contribution < 1.29 is 0 Å². The fourth-order valence-electron chi connectivity index (χ4n) is 3.64. The Morgan fingerprint density at radius 2 is 2.00 bits per heavy atom. The smallest absolute Gasteiger partial charge is 0.0195 e. The molecule has 3 heteroatoms. The second kappa shape index (κ2) is 9.12. The standard InChI is InChI=1S/C18H39N3/c1-7-9-18(5,14-19-12-16(2)3)15-21-11-8-10-20(6)13-17(21)4/h16-17,19H,7-15H2,1-6H3. The average Bonchev–Trinajstić information content (AvgIpc) is 2.51. The molecule has 1 heterocycles. The number of nitrogens with zero attached hydrogens (tertiary/aromatic N) is 2. The average molecular weight is 298 g/mol. The normalized spacial score (nSPS) is 25.0. The van der Waals surface area contributed by atoms with E-state index in [1.165, 1.54) is 45.4 Å². The van der Waals surface area contributed by atoms with Gasteiger partial charge in [-0.15, -0.1) is 0 Å². The van der Waals surface area contributed by atoms with E-state index in [0.717, 1.165) is 19.0 Å². The minimum Gasteiger partial charge on any atom is -0.316 e. The molecule has 0 spiro atoms. The van der Waals surface area contributed by atoms with Crippen LogP contribution < -0.4 is 5.32 Å². The van der Waals surface area contributed by atoms with Gasteiger partial charge in [0.15, 0.2) is 0 Å². The first-order chi connectivity index (χ1) is 9.86. The quantitative estimate of drug-likeness (QED) is 0.743. The van der Waals surface area contributed by atoms with Crippen LogP contribution in [0.2, 0.25) is 0 Å². The van der Waals surface area contributed by atoms with Crippen molar-refractivity contribution in [2.24, 2.45) is 11.3 Å². The summed E-state index contributed by atoms with van der Waals surface area (Å²) in [6, 6.07) is 0.679. The van der Waals surface area contributed by atoms with E-state index >= 15 is 0 Å². The molecule has 0 radical (unpaired) electrons. The zero-order chi connectivity index (χ0) is 15.9. The van der Waals surface area contributed by atoms with Crippen LogP contribution in [0.1, 0.15) is 53.9 Å². The van der Waals surface area contributed by atoms with Crippen molar-refractivity contribution in [3.05, 3.63) is 0 Å². The van der Waals surface area contributed by atoms with Crippen molar-refractivity contribution in [2.45, 2.75) is 59.9 Å². The topological polar surface area (TPSA) is 18.5 Å². The Hall–Kier alpha value is -0.120. The Labute approximate surface area is 133 Å². The minimum atomic E-state index is 0.404. The number of hydrogen-bond donors (Lipinski definition) is 1.